The molecule has 1 N–H and O–H groups in total. The van der Waals surface area contributed by atoms with E-state index in [0.29, 0.717) is 19.0 Å². The lowest BCUT2D eigenvalue weighted by molar-refractivity contribution is -0.675. The van der Waals surface area contributed by atoms with Gasteiger partial charge in [0.2, 0.25) is 6.33 Å². The second kappa shape index (κ2) is 9.15. The topological polar surface area (TPSA) is 60.0 Å². The molecule has 6 nitrogen and oxygen atoms in total. The van der Waals surface area contributed by atoms with Gasteiger partial charge in [0.15, 0.2) is 24.4 Å². The summed E-state index contributed by atoms with van der Waals surface area (Å²) < 4.78 is 9.68. The fourth-order valence-corrected chi connectivity index (χ4v) is 2.53. The van der Waals surface area contributed by atoms with Crippen LogP contribution in [0.25, 0.3) is 11.0 Å². The first-order valence-corrected chi connectivity index (χ1v) is 8.03. The second-order valence-corrected chi connectivity index (χ2v) is 5.49. The summed E-state index contributed by atoms with van der Waals surface area (Å²) in [5.41, 5.74) is 2.67. The summed E-state index contributed by atoms with van der Waals surface area (Å²) in [6.07, 6.45) is 6.15. The summed E-state index contributed by atoms with van der Waals surface area (Å²) in [5, 5.41) is 2.92. The number of halogens is 1. The number of para-hydroxylation sites is 2. The van der Waals surface area contributed by atoms with Crippen LogP contribution in [0.3, 0.4) is 0 Å². The molecule has 1 aromatic carbocycles. The van der Waals surface area contributed by atoms with E-state index in [2.05, 4.69) is 17.2 Å². The summed E-state index contributed by atoms with van der Waals surface area (Å²) in [4.78, 5) is 16.1. The highest BCUT2D eigenvalue weighted by Crippen LogP contribution is 2.10. The van der Waals surface area contributed by atoms with Crippen molar-refractivity contribution in [2.45, 2.75) is 26.7 Å². The number of amides is 1. The van der Waals surface area contributed by atoms with Gasteiger partial charge in [0, 0.05) is 12.4 Å². The molecule has 0 aliphatic rings. The van der Waals surface area contributed by atoms with Gasteiger partial charge in [-0.15, -0.1) is 0 Å². The lowest BCUT2D eigenvalue weighted by atomic mass is 10.3. The summed E-state index contributed by atoms with van der Waals surface area (Å²) in [6.45, 7) is 3.69. The number of ether oxygens (including phenoxy) is 1. The van der Waals surface area contributed by atoms with Crippen molar-refractivity contribution in [2.24, 2.45) is 0 Å². The van der Waals surface area contributed by atoms with Crippen molar-refractivity contribution in [1.29, 1.82) is 0 Å². The quantitative estimate of drug-likeness (QED) is 0.439. The molecule has 0 fully saturated rings. The van der Waals surface area contributed by atoms with Crippen molar-refractivity contribution in [3.05, 3.63) is 60.7 Å². The molecular weight excluding hydrogens is 340 g/mol. The molecule has 3 rings (SSSR count). The minimum atomic E-state index is -0.144. The lowest BCUT2D eigenvalue weighted by Gasteiger charge is -2.02. The molecule has 0 atom stereocenters. The molecule has 0 saturated carbocycles. The number of nitrogens with one attached hydrogen (secondary N) is 1. The third kappa shape index (κ3) is 4.55. The molecule has 0 aliphatic carbocycles. The zero-order valence-corrected chi connectivity index (χ0v) is 14.8. The molecule has 0 saturated heterocycles. The van der Waals surface area contributed by atoms with Crippen LogP contribution in [0, 0.1) is 0 Å². The van der Waals surface area contributed by atoms with E-state index in [1.807, 2.05) is 39.7 Å². The fraction of sp³-hybridized carbons (Fsp3) is 0.278. The number of pyridine rings is 1. The number of rotatable bonds is 7. The van der Waals surface area contributed by atoms with Crippen LogP contribution in [-0.2, 0) is 18.1 Å². The van der Waals surface area contributed by atoms with E-state index in [1.165, 1.54) is 0 Å². The number of benzene rings is 1. The normalized spacial score (nSPS) is 10.4. The van der Waals surface area contributed by atoms with Crippen molar-refractivity contribution in [2.75, 3.05) is 6.61 Å². The zero-order chi connectivity index (χ0) is 16.8. The number of hydrogen-bond acceptors (Lipinski definition) is 3. The molecule has 2 heterocycles. The first-order valence-electron chi connectivity index (χ1n) is 8.03. The van der Waals surface area contributed by atoms with Crippen LogP contribution in [0.4, 0.5) is 0 Å². The average Bonchev–Trinajstić information content (AvgIpc) is 2.99. The maximum atomic E-state index is 12.2. The molecule has 132 valence electrons. The van der Waals surface area contributed by atoms with Crippen LogP contribution in [0.2, 0.25) is 0 Å². The molecular formula is C18H21ClN4O2. The highest BCUT2D eigenvalue weighted by atomic mass is 35.5. The van der Waals surface area contributed by atoms with E-state index in [1.54, 1.807) is 24.5 Å². The summed E-state index contributed by atoms with van der Waals surface area (Å²) >= 11 is 0. The van der Waals surface area contributed by atoms with E-state index in [9.17, 15) is 4.79 Å². The number of imidazole rings is 1. The molecule has 0 bridgehead atoms. The first-order chi connectivity index (χ1) is 11.8. The Balaban J connectivity index is 0.00000225. The number of carbonyl (C=O) groups is 1. The Bertz CT molecular complexity index is 820. The van der Waals surface area contributed by atoms with Crippen molar-refractivity contribution in [3.63, 3.8) is 0 Å². The van der Waals surface area contributed by atoms with Gasteiger partial charge >= 0.3 is 0 Å². The number of hydrogen-bond donors (Lipinski definition) is 1. The van der Waals surface area contributed by atoms with Gasteiger partial charge in [-0.3, -0.25) is 9.78 Å². The van der Waals surface area contributed by atoms with E-state index >= 15 is 0 Å². The molecule has 1 amide bonds. The van der Waals surface area contributed by atoms with Crippen molar-refractivity contribution in [1.82, 2.24) is 14.9 Å². The smallest absolute Gasteiger partial charge is 0.255 e. The molecule has 3 aromatic rings. The number of nitrogens with zero attached hydrogens (tertiary/aromatic N) is 3. The minimum Gasteiger partial charge on any atom is -1.00 e. The number of carbonyl (C=O) groups excluding carboxylic acids is 1. The molecule has 2 aromatic heterocycles. The summed E-state index contributed by atoms with van der Waals surface area (Å²) in [5.74, 6) is -0.144. The predicted octanol–water partition coefficient (Wildman–Crippen LogP) is -0.901. The Morgan fingerprint density at radius 1 is 1.28 bits per heavy atom. The summed E-state index contributed by atoms with van der Waals surface area (Å²) in [6, 6.07) is 11.6. The molecule has 0 radical (unpaired) electrons. The third-order valence-electron chi connectivity index (χ3n) is 3.69. The van der Waals surface area contributed by atoms with Gasteiger partial charge in [-0.2, -0.15) is 0 Å². The Labute approximate surface area is 152 Å². The summed E-state index contributed by atoms with van der Waals surface area (Å²) in [7, 11) is 0. The monoisotopic (exact) mass is 360 g/mol. The van der Waals surface area contributed by atoms with Gasteiger partial charge in [0.05, 0.1) is 12.2 Å². The van der Waals surface area contributed by atoms with Crippen LogP contribution in [0.15, 0.2) is 55.1 Å². The molecule has 7 heteroatoms. The maximum absolute atomic E-state index is 12.2. The lowest BCUT2D eigenvalue weighted by Crippen LogP contribution is -3.00. The highest BCUT2D eigenvalue weighted by molar-refractivity contribution is 5.93. The van der Waals surface area contributed by atoms with E-state index in [-0.39, 0.29) is 18.3 Å². The average molecular weight is 361 g/mol. The Hall–Kier alpha value is -2.44. The van der Waals surface area contributed by atoms with Crippen LogP contribution in [0.1, 0.15) is 23.7 Å². The van der Waals surface area contributed by atoms with Gasteiger partial charge in [0.25, 0.3) is 5.91 Å². The Kier molecular flexibility index (Phi) is 6.91. The van der Waals surface area contributed by atoms with E-state index in [0.717, 1.165) is 24.1 Å². The first kappa shape index (κ1) is 18.9. The van der Waals surface area contributed by atoms with Crippen molar-refractivity contribution in [3.8, 4) is 0 Å². The predicted molar refractivity (Wildman–Crippen MR) is 90.1 cm³/mol. The fourth-order valence-electron chi connectivity index (χ4n) is 2.53. The molecule has 0 spiro atoms. The van der Waals surface area contributed by atoms with E-state index < -0.39 is 0 Å². The van der Waals surface area contributed by atoms with Gasteiger partial charge < -0.3 is 22.5 Å². The van der Waals surface area contributed by atoms with Crippen LogP contribution < -0.4 is 22.3 Å². The maximum Gasteiger partial charge on any atom is 0.255 e. The minimum absolute atomic E-state index is 0. The molecule has 25 heavy (non-hydrogen) atoms. The number of aromatic nitrogens is 3. The van der Waals surface area contributed by atoms with Crippen molar-refractivity contribution >= 4 is 16.9 Å². The molecule has 0 aliphatic heterocycles. The third-order valence-corrected chi connectivity index (χ3v) is 3.69. The zero-order valence-electron chi connectivity index (χ0n) is 14.1. The van der Waals surface area contributed by atoms with Gasteiger partial charge in [-0.05, 0) is 30.7 Å². The van der Waals surface area contributed by atoms with Gasteiger partial charge in [-0.1, -0.05) is 19.1 Å². The second-order valence-electron chi connectivity index (χ2n) is 5.49. The van der Waals surface area contributed by atoms with E-state index in [4.69, 9.17) is 4.74 Å². The van der Waals surface area contributed by atoms with Crippen LogP contribution in [0.5, 0.6) is 0 Å². The van der Waals surface area contributed by atoms with Crippen LogP contribution in [-0.4, -0.2) is 22.1 Å². The highest BCUT2D eigenvalue weighted by Gasteiger charge is 2.16. The van der Waals surface area contributed by atoms with Crippen LogP contribution >= 0.6 is 0 Å². The van der Waals surface area contributed by atoms with Gasteiger partial charge in [-0.25, -0.2) is 9.13 Å². The Morgan fingerprint density at radius 3 is 2.88 bits per heavy atom. The largest absolute Gasteiger partial charge is 1.00 e. The number of fused-ring (bicyclic) bond motifs is 1. The Morgan fingerprint density at radius 2 is 2.12 bits per heavy atom. The standard InChI is InChI=1S/C18H20N4O2.ClH/c1-2-10-24-14-22-13-21(16-7-3-4-8-17(16)22)12-20-18(23)15-6-5-9-19-11-15;/h3-9,11,13H,2,10,12,14H2,1H3;1H. The van der Waals surface area contributed by atoms with Gasteiger partial charge in [0.1, 0.15) is 0 Å². The SMILES string of the molecule is CCCOCn1c[n+](CNC(=O)c2cccnc2)c2ccccc21.[Cl-]. The molecule has 0 unspecified atom stereocenters. The van der Waals surface area contributed by atoms with Crippen molar-refractivity contribution < 1.29 is 26.5 Å².